The second kappa shape index (κ2) is 5.45. The van der Waals surface area contributed by atoms with Crippen molar-refractivity contribution in [2.75, 3.05) is 30.2 Å². The van der Waals surface area contributed by atoms with Crippen LogP contribution in [0, 0.1) is 0 Å². The van der Waals surface area contributed by atoms with Crippen LogP contribution in [0.1, 0.15) is 0 Å². The van der Waals surface area contributed by atoms with Crippen molar-refractivity contribution < 1.29 is 9.53 Å². The number of methoxy groups -OCH3 is 1. The predicted octanol–water partition coefficient (Wildman–Crippen LogP) is 2.19. The highest BCUT2D eigenvalue weighted by Crippen LogP contribution is 2.34. The lowest BCUT2D eigenvalue weighted by molar-refractivity contribution is -0.113. The number of thiazole rings is 1. The molecule has 0 saturated carbocycles. The van der Waals surface area contributed by atoms with Gasteiger partial charge in [0, 0.05) is 11.8 Å². The molecule has 1 amide bonds. The molecule has 0 aliphatic heterocycles. The summed E-state index contributed by atoms with van der Waals surface area (Å²) in [6.45, 7) is 0. The number of nitrogens with zero attached hydrogens (tertiary/aromatic N) is 1. The Morgan fingerprint density at radius 1 is 1.61 bits per heavy atom. The van der Waals surface area contributed by atoms with E-state index >= 15 is 0 Å². The standard InChI is InChI=1S/C11H13N3O2S2/c1-16-7-3-6(12)4-8-10(7)14-11(18-8)13-9(15)5-17-2/h3-4H,5,12H2,1-2H3,(H,13,14,15). The number of anilines is 2. The summed E-state index contributed by atoms with van der Waals surface area (Å²) in [5.74, 6) is 0.968. The van der Waals surface area contributed by atoms with Crippen molar-refractivity contribution in [2.45, 2.75) is 0 Å². The molecule has 0 radical (unpaired) electrons. The molecule has 1 aromatic heterocycles. The first-order valence-corrected chi connectivity index (χ1v) is 7.38. The lowest BCUT2D eigenvalue weighted by Crippen LogP contribution is -2.13. The third-order valence-electron chi connectivity index (χ3n) is 2.22. The van der Waals surface area contributed by atoms with Crippen molar-refractivity contribution in [3.05, 3.63) is 12.1 Å². The normalized spacial score (nSPS) is 10.6. The molecule has 5 nitrogen and oxygen atoms in total. The van der Waals surface area contributed by atoms with Gasteiger partial charge in [-0.3, -0.25) is 4.79 Å². The van der Waals surface area contributed by atoms with E-state index in [1.807, 2.05) is 12.3 Å². The molecule has 1 heterocycles. The van der Waals surface area contributed by atoms with Crippen LogP contribution >= 0.6 is 23.1 Å². The number of nitrogen functional groups attached to an aromatic ring is 1. The number of carbonyl (C=O) groups excluding carboxylic acids is 1. The number of hydrogen-bond acceptors (Lipinski definition) is 6. The van der Waals surface area contributed by atoms with Crippen molar-refractivity contribution in [3.63, 3.8) is 0 Å². The van der Waals surface area contributed by atoms with Gasteiger partial charge in [-0.05, 0) is 12.3 Å². The van der Waals surface area contributed by atoms with Gasteiger partial charge in [0.05, 0.1) is 17.6 Å². The van der Waals surface area contributed by atoms with Crippen LogP contribution in [0.5, 0.6) is 5.75 Å². The van der Waals surface area contributed by atoms with Gasteiger partial charge in [-0.15, -0.1) is 0 Å². The number of nitrogens with one attached hydrogen (secondary N) is 1. The van der Waals surface area contributed by atoms with Crippen molar-refractivity contribution in [1.29, 1.82) is 0 Å². The number of thioether (sulfide) groups is 1. The zero-order chi connectivity index (χ0) is 13.1. The maximum absolute atomic E-state index is 11.5. The number of fused-ring (bicyclic) bond motifs is 1. The molecule has 18 heavy (non-hydrogen) atoms. The molecule has 0 fully saturated rings. The van der Waals surface area contributed by atoms with Crippen LogP contribution in [0.4, 0.5) is 10.8 Å². The van der Waals surface area contributed by atoms with E-state index in [1.54, 1.807) is 13.2 Å². The summed E-state index contributed by atoms with van der Waals surface area (Å²) in [6, 6.07) is 3.54. The van der Waals surface area contributed by atoms with E-state index in [1.165, 1.54) is 23.1 Å². The lowest BCUT2D eigenvalue weighted by atomic mass is 10.3. The fourth-order valence-corrected chi connectivity index (χ4v) is 2.80. The summed E-state index contributed by atoms with van der Waals surface area (Å²) >= 11 is 2.85. The minimum absolute atomic E-state index is 0.0616. The van der Waals surface area contributed by atoms with Gasteiger partial charge in [-0.1, -0.05) is 11.3 Å². The van der Waals surface area contributed by atoms with Crippen LogP contribution in [-0.4, -0.2) is 30.0 Å². The van der Waals surface area contributed by atoms with Gasteiger partial charge in [-0.2, -0.15) is 11.8 Å². The summed E-state index contributed by atoms with van der Waals surface area (Å²) in [7, 11) is 1.57. The first-order chi connectivity index (χ1) is 8.63. The molecule has 0 unspecified atom stereocenters. The zero-order valence-corrected chi connectivity index (χ0v) is 11.7. The first kappa shape index (κ1) is 13.0. The quantitative estimate of drug-likeness (QED) is 0.841. The van der Waals surface area contributed by atoms with Crippen molar-refractivity contribution in [2.24, 2.45) is 0 Å². The van der Waals surface area contributed by atoms with E-state index in [-0.39, 0.29) is 5.91 Å². The summed E-state index contributed by atoms with van der Waals surface area (Å²) in [4.78, 5) is 15.8. The highest BCUT2D eigenvalue weighted by molar-refractivity contribution is 7.99. The summed E-state index contributed by atoms with van der Waals surface area (Å²) in [6.07, 6.45) is 1.88. The topological polar surface area (TPSA) is 77.2 Å². The second-order valence-electron chi connectivity index (χ2n) is 3.57. The average molecular weight is 283 g/mol. The monoisotopic (exact) mass is 283 g/mol. The van der Waals surface area contributed by atoms with Gasteiger partial charge in [-0.25, -0.2) is 4.98 Å². The van der Waals surface area contributed by atoms with Crippen LogP contribution in [0.2, 0.25) is 0 Å². The van der Waals surface area contributed by atoms with Gasteiger partial charge in [0.25, 0.3) is 0 Å². The Labute approximate surface area is 113 Å². The van der Waals surface area contributed by atoms with E-state index in [0.29, 0.717) is 22.3 Å². The molecule has 96 valence electrons. The molecule has 7 heteroatoms. The number of amides is 1. The fraction of sp³-hybridized carbons (Fsp3) is 0.273. The lowest BCUT2D eigenvalue weighted by Gasteiger charge is -2.01. The van der Waals surface area contributed by atoms with Gasteiger partial charge < -0.3 is 15.8 Å². The largest absolute Gasteiger partial charge is 0.494 e. The molecule has 2 aromatic rings. The second-order valence-corrected chi connectivity index (χ2v) is 5.47. The maximum atomic E-state index is 11.5. The molecule has 3 N–H and O–H groups in total. The van der Waals surface area contributed by atoms with Crippen molar-refractivity contribution in [3.8, 4) is 5.75 Å². The highest BCUT2D eigenvalue weighted by Gasteiger charge is 2.11. The van der Waals surface area contributed by atoms with E-state index in [2.05, 4.69) is 10.3 Å². The van der Waals surface area contributed by atoms with Gasteiger partial charge in [0.15, 0.2) is 5.13 Å². The van der Waals surface area contributed by atoms with E-state index in [4.69, 9.17) is 10.5 Å². The Morgan fingerprint density at radius 2 is 2.39 bits per heavy atom. The Kier molecular flexibility index (Phi) is 3.93. The smallest absolute Gasteiger partial charge is 0.236 e. The van der Waals surface area contributed by atoms with Crippen LogP contribution in [0.3, 0.4) is 0 Å². The van der Waals surface area contributed by atoms with Gasteiger partial charge >= 0.3 is 0 Å². The molecule has 0 saturated heterocycles. The molecule has 0 bridgehead atoms. The first-order valence-electron chi connectivity index (χ1n) is 5.17. The van der Waals surface area contributed by atoms with E-state index in [0.717, 1.165) is 10.2 Å². The molecule has 0 aliphatic carbocycles. The SMILES string of the molecule is COc1cc(N)cc2sc(NC(=O)CSC)nc12. The summed E-state index contributed by atoms with van der Waals surface area (Å²) < 4.78 is 6.12. The fourth-order valence-electron chi connectivity index (χ4n) is 1.51. The Bertz CT molecular complexity index is 583. The number of rotatable bonds is 4. The van der Waals surface area contributed by atoms with Crippen LogP contribution < -0.4 is 15.8 Å². The molecular formula is C11H13N3O2S2. The highest BCUT2D eigenvalue weighted by atomic mass is 32.2. The number of ether oxygens (including phenoxy) is 1. The maximum Gasteiger partial charge on any atom is 0.236 e. The number of carbonyl (C=O) groups is 1. The van der Waals surface area contributed by atoms with Crippen molar-refractivity contribution in [1.82, 2.24) is 4.98 Å². The number of nitrogens with two attached hydrogens (primary N) is 1. The third kappa shape index (κ3) is 2.68. The Hall–Kier alpha value is -1.47. The Morgan fingerprint density at radius 3 is 3.06 bits per heavy atom. The van der Waals surface area contributed by atoms with Gasteiger partial charge in [0.2, 0.25) is 5.91 Å². The zero-order valence-electron chi connectivity index (χ0n) is 10.0. The molecule has 0 atom stereocenters. The Balaban J connectivity index is 2.35. The molecular weight excluding hydrogens is 270 g/mol. The third-order valence-corrected chi connectivity index (χ3v) is 3.69. The van der Waals surface area contributed by atoms with Crippen LogP contribution in [0.15, 0.2) is 12.1 Å². The minimum atomic E-state index is -0.0616. The van der Waals surface area contributed by atoms with Crippen LogP contribution in [0.25, 0.3) is 10.2 Å². The molecule has 0 spiro atoms. The molecule has 0 aliphatic rings. The number of hydrogen-bond donors (Lipinski definition) is 2. The van der Waals surface area contributed by atoms with Crippen molar-refractivity contribution >= 4 is 50.0 Å². The molecule has 1 aromatic carbocycles. The van der Waals surface area contributed by atoms with Crippen LogP contribution in [-0.2, 0) is 4.79 Å². The summed E-state index contributed by atoms with van der Waals surface area (Å²) in [5.41, 5.74) is 7.10. The average Bonchev–Trinajstić information content (AvgIpc) is 2.70. The summed E-state index contributed by atoms with van der Waals surface area (Å²) in [5, 5.41) is 3.32. The number of aromatic nitrogens is 1. The van der Waals surface area contributed by atoms with Gasteiger partial charge in [0.1, 0.15) is 11.3 Å². The molecule has 2 rings (SSSR count). The minimum Gasteiger partial charge on any atom is -0.494 e. The van der Waals surface area contributed by atoms with E-state index in [9.17, 15) is 4.79 Å². The number of benzene rings is 1. The predicted molar refractivity (Wildman–Crippen MR) is 77.6 cm³/mol. The van der Waals surface area contributed by atoms with E-state index < -0.39 is 0 Å².